The molecule has 0 unspecified atom stereocenters. The van der Waals surface area contributed by atoms with Gasteiger partial charge in [0.25, 0.3) is 0 Å². The molecule has 1 aromatic heterocycles. The average Bonchev–Trinajstić information content (AvgIpc) is 2.45. The first-order valence-electron chi connectivity index (χ1n) is 4.68. The van der Waals surface area contributed by atoms with Crippen LogP contribution < -0.4 is 0 Å². The van der Waals surface area contributed by atoms with E-state index in [9.17, 15) is 10.1 Å². The highest BCUT2D eigenvalue weighted by Gasteiger charge is 2.36. The van der Waals surface area contributed by atoms with Crippen LogP contribution in [0.4, 0.5) is 5.69 Å². The van der Waals surface area contributed by atoms with Gasteiger partial charge in [0.05, 0.1) is 11.0 Å². The minimum atomic E-state index is -0.427. The summed E-state index contributed by atoms with van der Waals surface area (Å²) in [6, 6.07) is 0.232. The normalized spacial score (nSPS) is 24.3. The lowest BCUT2D eigenvalue weighted by Crippen LogP contribution is -2.29. The lowest BCUT2D eigenvalue weighted by molar-refractivity contribution is -0.385. The Hall–Kier alpha value is -1.90. The summed E-state index contributed by atoms with van der Waals surface area (Å²) in [7, 11) is 0. The largest absolute Gasteiger partial charge is 0.314 e. The van der Waals surface area contributed by atoms with E-state index >= 15 is 0 Å². The second-order valence-electron chi connectivity index (χ2n) is 3.75. The first-order valence-corrected chi connectivity index (χ1v) is 4.68. The van der Waals surface area contributed by atoms with E-state index in [4.69, 9.17) is 6.57 Å². The van der Waals surface area contributed by atoms with E-state index in [0.717, 1.165) is 12.8 Å². The number of hydrogen-bond acceptors (Lipinski definition) is 3. The van der Waals surface area contributed by atoms with Crippen LogP contribution in [0.2, 0.25) is 0 Å². The molecule has 0 radical (unpaired) electrons. The zero-order chi connectivity index (χ0) is 11.0. The SMILES string of the molecule is [C-]#[N+]C1CC(n2cc([N+](=O)[O-])c(C)n2)C1. The van der Waals surface area contributed by atoms with Crippen LogP contribution in [0, 0.1) is 23.6 Å². The minimum absolute atomic E-state index is 0.0567. The van der Waals surface area contributed by atoms with Crippen LogP contribution in [-0.2, 0) is 0 Å². The van der Waals surface area contributed by atoms with Crippen molar-refractivity contribution in [2.45, 2.75) is 31.8 Å². The maximum atomic E-state index is 10.6. The van der Waals surface area contributed by atoms with Crippen molar-refractivity contribution in [1.29, 1.82) is 0 Å². The smallest absolute Gasteiger partial charge is 0.309 e. The van der Waals surface area contributed by atoms with Crippen molar-refractivity contribution < 1.29 is 4.92 Å². The monoisotopic (exact) mass is 206 g/mol. The molecule has 6 heteroatoms. The molecule has 1 aliphatic rings. The summed E-state index contributed by atoms with van der Waals surface area (Å²) in [5, 5.41) is 14.7. The number of hydrogen-bond donors (Lipinski definition) is 0. The molecule has 2 rings (SSSR count). The summed E-state index contributed by atoms with van der Waals surface area (Å²) in [6.45, 7) is 8.44. The third-order valence-electron chi connectivity index (χ3n) is 2.73. The maximum absolute atomic E-state index is 10.6. The van der Waals surface area contributed by atoms with Crippen LogP contribution in [-0.4, -0.2) is 20.7 Å². The molecular formula is C9H10N4O2. The van der Waals surface area contributed by atoms with Crippen molar-refractivity contribution in [3.05, 3.63) is 33.4 Å². The molecule has 0 atom stereocenters. The van der Waals surface area contributed by atoms with Crippen molar-refractivity contribution in [2.24, 2.45) is 0 Å². The van der Waals surface area contributed by atoms with Crippen molar-refractivity contribution in [3.63, 3.8) is 0 Å². The summed E-state index contributed by atoms with van der Waals surface area (Å²) in [5.41, 5.74) is 0.493. The third kappa shape index (κ3) is 1.56. The molecule has 0 spiro atoms. The fraction of sp³-hybridized carbons (Fsp3) is 0.556. The average molecular weight is 206 g/mol. The number of nitro groups is 1. The van der Waals surface area contributed by atoms with Crippen molar-refractivity contribution in [3.8, 4) is 0 Å². The molecule has 1 aromatic rings. The fourth-order valence-electron chi connectivity index (χ4n) is 1.72. The molecule has 0 amide bonds. The lowest BCUT2D eigenvalue weighted by Gasteiger charge is -2.26. The van der Waals surface area contributed by atoms with Gasteiger partial charge >= 0.3 is 5.69 Å². The molecule has 0 bridgehead atoms. The number of rotatable bonds is 2. The highest BCUT2D eigenvalue weighted by molar-refractivity contribution is 5.31. The summed E-state index contributed by atoms with van der Waals surface area (Å²) in [6.07, 6.45) is 2.96. The number of aryl methyl sites for hydroxylation is 1. The molecule has 1 aliphatic carbocycles. The van der Waals surface area contributed by atoms with Crippen molar-refractivity contribution in [1.82, 2.24) is 9.78 Å². The first-order chi connectivity index (χ1) is 7.11. The van der Waals surface area contributed by atoms with Crippen LogP contribution in [0.25, 0.3) is 4.85 Å². The molecule has 0 aromatic carbocycles. The molecule has 1 saturated carbocycles. The van der Waals surface area contributed by atoms with Crippen LogP contribution >= 0.6 is 0 Å². The van der Waals surface area contributed by atoms with E-state index in [2.05, 4.69) is 9.94 Å². The number of nitrogens with zero attached hydrogens (tertiary/aromatic N) is 4. The van der Waals surface area contributed by atoms with Gasteiger partial charge in [-0.2, -0.15) is 5.10 Å². The summed E-state index contributed by atoms with van der Waals surface area (Å²) in [5.74, 6) is 0. The molecule has 78 valence electrons. The zero-order valence-electron chi connectivity index (χ0n) is 8.25. The molecule has 6 nitrogen and oxygen atoms in total. The van der Waals surface area contributed by atoms with Crippen LogP contribution in [0.15, 0.2) is 6.20 Å². The Labute approximate surface area is 86.5 Å². The number of aromatic nitrogens is 2. The molecule has 15 heavy (non-hydrogen) atoms. The maximum Gasteiger partial charge on any atom is 0.309 e. The van der Waals surface area contributed by atoms with Crippen LogP contribution in [0.5, 0.6) is 0 Å². The molecule has 0 saturated heterocycles. The van der Waals surface area contributed by atoms with Gasteiger partial charge in [0, 0.05) is 12.8 Å². The molecule has 0 aliphatic heterocycles. The van der Waals surface area contributed by atoms with Crippen LogP contribution in [0.1, 0.15) is 24.6 Å². The van der Waals surface area contributed by atoms with Crippen molar-refractivity contribution >= 4 is 5.69 Å². The van der Waals surface area contributed by atoms with Gasteiger partial charge in [-0.15, -0.1) is 0 Å². The van der Waals surface area contributed by atoms with Gasteiger partial charge in [-0.1, -0.05) is 0 Å². The van der Waals surface area contributed by atoms with Gasteiger partial charge in [0.1, 0.15) is 11.9 Å². The predicted molar refractivity (Wildman–Crippen MR) is 52.3 cm³/mol. The summed E-state index contributed by atoms with van der Waals surface area (Å²) >= 11 is 0. The Balaban J connectivity index is 2.15. The Bertz CT molecular complexity index is 439. The Morgan fingerprint density at radius 1 is 1.73 bits per heavy atom. The summed E-state index contributed by atoms with van der Waals surface area (Å²) < 4.78 is 1.62. The van der Waals surface area contributed by atoms with E-state index in [1.807, 2.05) is 0 Å². The Kier molecular flexibility index (Phi) is 2.15. The van der Waals surface area contributed by atoms with E-state index < -0.39 is 4.92 Å². The molecule has 0 N–H and O–H groups in total. The van der Waals surface area contributed by atoms with Gasteiger partial charge in [0.15, 0.2) is 0 Å². The second kappa shape index (κ2) is 3.35. The zero-order valence-corrected chi connectivity index (χ0v) is 8.25. The van der Waals surface area contributed by atoms with E-state index in [-0.39, 0.29) is 17.8 Å². The highest BCUT2D eigenvalue weighted by atomic mass is 16.6. The highest BCUT2D eigenvalue weighted by Crippen LogP contribution is 2.35. The second-order valence-corrected chi connectivity index (χ2v) is 3.75. The van der Waals surface area contributed by atoms with E-state index in [0.29, 0.717) is 5.69 Å². The minimum Gasteiger partial charge on any atom is -0.314 e. The van der Waals surface area contributed by atoms with Gasteiger partial charge in [-0.3, -0.25) is 14.8 Å². The van der Waals surface area contributed by atoms with Gasteiger partial charge in [-0.05, 0) is 6.92 Å². The van der Waals surface area contributed by atoms with Crippen molar-refractivity contribution in [2.75, 3.05) is 0 Å². The standard InChI is InChI=1S/C9H10N4O2/c1-6-9(13(14)15)5-12(11-6)8-3-7(4-8)10-2/h5,7-8H,3-4H2,1H3. The Morgan fingerprint density at radius 2 is 2.40 bits per heavy atom. The van der Waals surface area contributed by atoms with Gasteiger partial charge in [-0.25, -0.2) is 6.57 Å². The third-order valence-corrected chi connectivity index (χ3v) is 2.73. The van der Waals surface area contributed by atoms with Gasteiger partial charge < -0.3 is 4.85 Å². The first kappa shape index (κ1) is 9.65. The van der Waals surface area contributed by atoms with Gasteiger partial charge in [0.2, 0.25) is 6.04 Å². The lowest BCUT2D eigenvalue weighted by atomic mass is 9.88. The molecular weight excluding hydrogens is 196 g/mol. The topological polar surface area (TPSA) is 65.3 Å². The summed E-state index contributed by atoms with van der Waals surface area (Å²) in [4.78, 5) is 13.6. The van der Waals surface area contributed by atoms with Crippen LogP contribution in [0.3, 0.4) is 0 Å². The quantitative estimate of drug-likeness (QED) is 0.420. The Morgan fingerprint density at radius 3 is 2.87 bits per heavy atom. The fourth-order valence-corrected chi connectivity index (χ4v) is 1.72. The van der Waals surface area contributed by atoms with E-state index in [1.165, 1.54) is 6.20 Å². The predicted octanol–water partition coefficient (Wildman–Crippen LogP) is 1.72. The molecule has 1 heterocycles. The molecule has 1 fully saturated rings. The van der Waals surface area contributed by atoms with E-state index in [1.54, 1.807) is 11.6 Å².